The zero-order chi connectivity index (χ0) is 63.0. The molecule has 87 heavy (non-hydrogen) atoms. The third-order valence-electron chi connectivity index (χ3n) is 17.5. The van der Waals surface area contributed by atoms with Crippen LogP contribution in [0.4, 0.5) is 0 Å². The van der Waals surface area contributed by atoms with E-state index in [9.17, 15) is 19.0 Å². The second kappa shape index (κ2) is 73.3. The molecule has 0 radical (unpaired) electrons. The van der Waals surface area contributed by atoms with Gasteiger partial charge < -0.3 is 20.1 Å². The van der Waals surface area contributed by atoms with Gasteiger partial charge in [0.2, 0.25) is 0 Å². The van der Waals surface area contributed by atoms with Gasteiger partial charge in [0.25, 0.3) is 0 Å². The van der Waals surface area contributed by atoms with Crippen molar-refractivity contribution >= 4 is 19.8 Å². The Morgan fingerprint density at radius 1 is 0.345 bits per heavy atom. The monoisotopic (exact) mass is 1250 g/mol. The van der Waals surface area contributed by atoms with Crippen molar-refractivity contribution in [2.24, 2.45) is 5.73 Å². The zero-order valence-electron chi connectivity index (χ0n) is 58.0. The Morgan fingerprint density at radius 3 is 0.885 bits per heavy atom. The van der Waals surface area contributed by atoms with Crippen LogP contribution in [0.2, 0.25) is 0 Å². The maximum atomic E-state index is 12.8. The highest BCUT2D eigenvalue weighted by Gasteiger charge is 2.26. The van der Waals surface area contributed by atoms with Crippen molar-refractivity contribution in [2.45, 2.75) is 418 Å². The number of hydrogen-bond donors (Lipinski definition) is 2. The molecule has 0 aromatic rings. The van der Waals surface area contributed by atoms with Crippen LogP contribution in [0.1, 0.15) is 412 Å². The summed E-state index contributed by atoms with van der Waals surface area (Å²) in [5.41, 5.74) is 5.41. The molecule has 0 aliphatic rings. The van der Waals surface area contributed by atoms with Crippen LogP contribution in [0.3, 0.4) is 0 Å². The number of nitrogens with two attached hydrogens (primary N) is 1. The molecule has 0 bridgehead atoms. The minimum absolute atomic E-state index is 0.0564. The van der Waals surface area contributed by atoms with Gasteiger partial charge in [-0.3, -0.25) is 18.6 Å². The molecular formula is C77H148NO8P. The molecule has 10 heteroatoms. The topological polar surface area (TPSA) is 134 Å². The number of phosphoric acid groups is 1. The molecule has 0 aromatic carbocycles. The number of hydrogen-bond acceptors (Lipinski definition) is 8. The number of unbranched alkanes of at least 4 members (excludes halogenated alkanes) is 55. The maximum Gasteiger partial charge on any atom is 0.472 e. The number of esters is 2. The average Bonchev–Trinajstić information content (AvgIpc) is 3.65. The normalized spacial score (nSPS) is 13.0. The molecular weight excluding hydrogens is 1100 g/mol. The molecule has 3 N–H and O–H groups in total. The molecule has 9 nitrogen and oxygen atoms in total. The molecule has 0 amide bonds. The van der Waals surface area contributed by atoms with Crippen molar-refractivity contribution in [3.05, 3.63) is 36.5 Å². The van der Waals surface area contributed by atoms with E-state index < -0.39 is 26.5 Å². The van der Waals surface area contributed by atoms with E-state index in [2.05, 4.69) is 50.3 Å². The van der Waals surface area contributed by atoms with Gasteiger partial charge in [0.1, 0.15) is 6.61 Å². The fourth-order valence-electron chi connectivity index (χ4n) is 11.8. The predicted molar refractivity (Wildman–Crippen MR) is 377 cm³/mol. The lowest BCUT2D eigenvalue weighted by molar-refractivity contribution is -0.161. The molecule has 0 aliphatic carbocycles. The first kappa shape index (κ1) is 85.2. The Morgan fingerprint density at radius 2 is 0.598 bits per heavy atom. The summed E-state index contributed by atoms with van der Waals surface area (Å²) < 4.78 is 33.2. The standard InChI is InChI=1S/C77H148NO8P/c1-3-5-7-9-11-13-15-17-19-21-23-25-27-29-30-31-32-33-34-35-36-37-38-39-40-41-42-43-44-46-48-50-52-54-56-58-60-62-64-66-68-70-77(80)86-75(74-85-87(81,82)84-72-71-78)73-83-76(79)69-67-65-63-61-59-57-55-53-51-49-47-45-28-26-24-22-20-18-16-14-12-10-8-6-4-2/h15,17,21-24,75H,3-14,16,18-20,25-74,78H2,1-2H3,(H,81,82)/b17-15-,23-21-,24-22-. The van der Waals surface area contributed by atoms with E-state index in [1.807, 2.05) is 0 Å². The van der Waals surface area contributed by atoms with Crippen LogP contribution >= 0.6 is 7.82 Å². The Hall–Kier alpha value is -1.77. The van der Waals surface area contributed by atoms with Gasteiger partial charge in [-0.2, -0.15) is 0 Å². The van der Waals surface area contributed by atoms with Crippen LogP contribution in [0, 0.1) is 0 Å². The Bertz CT molecular complexity index is 1520. The van der Waals surface area contributed by atoms with Gasteiger partial charge in [-0.1, -0.05) is 365 Å². The lowest BCUT2D eigenvalue weighted by Crippen LogP contribution is -2.29. The number of carbonyl (C=O) groups is 2. The van der Waals surface area contributed by atoms with Crippen LogP contribution in [-0.4, -0.2) is 49.3 Å². The van der Waals surface area contributed by atoms with E-state index in [4.69, 9.17) is 24.3 Å². The van der Waals surface area contributed by atoms with Crippen molar-refractivity contribution < 1.29 is 37.6 Å². The largest absolute Gasteiger partial charge is 0.472 e. The van der Waals surface area contributed by atoms with Crippen LogP contribution in [0.5, 0.6) is 0 Å². The van der Waals surface area contributed by atoms with Gasteiger partial charge in [0, 0.05) is 19.4 Å². The fraction of sp³-hybridized carbons (Fsp3) is 0.896. The summed E-state index contributed by atoms with van der Waals surface area (Å²) in [7, 11) is -4.39. The smallest absolute Gasteiger partial charge is 0.462 e. The molecule has 0 spiro atoms. The number of allylic oxidation sites excluding steroid dienone is 6. The van der Waals surface area contributed by atoms with E-state index in [1.54, 1.807) is 0 Å². The van der Waals surface area contributed by atoms with Gasteiger partial charge in [0.15, 0.2) is 6.10 Å². The van der Waals surface area contributed by atoms with Gasteiger partial charge in [-0.25, -0.2) is 4.57 Å². The third kappa shape index (κ3) is 73.2. The highest BCUT2D eigenvalue weighted by atomic mass is 31.2. The lowest BCUT2D eigenvalue weighted by atomic mass is 10.0. The highest BCUT2D eigenvalue weighted by molar-refractivity contribution is 7.47. The molecule has 0 aliphatic heterocycles. The second-order valence-electron chi connectivity index (χ2n) is 26.2. The van der Waals surface area contributed by atoms with Crippen LogP contribution < -0.4 is 5.73 Å². The minimum Gasteiger partial charge on any atom is -0.462 e. The van der Waals surface area contributed by atoms with E-state index in [-0.39, 0.29) is 38.6 Å². The van der Waals surface area contributed by atoms with Crippen molar-refractivity contribution in [3.8, 4) is 0 Å². The van der Waals surface area contributed by atoms with E-state index in [0.29, 0.717) is 6.42 Å². The van der Waals surface area contributed by atoms with E-state index in [1.165, 1.54) is 340 Å². The maximum absolute atomic E-state index is 12.8. The average molecular weight is 1250 g/mol. The Kier molecular flexibility index (Phi) is 71.8. The predicted octanol–water partition coefficient (Wildman–Crippen LogP) is 25.4. The molecule has 514 valence electrons. The number of carbonyl (C=O) groups excluding carboxylic acids is 2. The summed E-state index contributed by atoms with van der Waals surface area (Å²) >= 11 is 0. The molecule has 0 rings (SSSR count). The molecule has 0 fully saturated rings. The molecule has 0 aromatic heterocycles. The zero-order valence-corrected chi connectivity index (χ0v) is 58.9. The van der Waals surface area contributed by atoms with Crippen LogP contribution in [0.15, 0.2) is 36.5 Å². The summed E-state index contributed by atoms with van der Waals surface area (Å²) in [5.74, 6) is -0.803. The molecule has 0 saturated heterocycles. The quantitative estimate of drug-likeness (QED) is 0.0264. The van der Waals surface area contributed by atoms with Gasteiger partial charge in [0.05, 0.1) is 13.2 Å². The molecule has 0 heterocycles. The van der Waals surface area contributed by atoms with Crippen LogP contribution in [-0.2, 0) is 32.7 Å². The second-order valence-corrected chi connectivity index (χ2v) is 27.7. The SMILES string of the molecule is CCCCCCC/C=C\C/C=C\CCCCCCCCCCCCCCCCCCCCCCCCCCCCCCCC(=O)OC(COC(=O)CCCCCCCCCCCCCCC/C=C\CCCCCCCCCC)COP(=O)(O)OCCN. The Labute approximate surface area is 541 Å². The van der Waals surface area contributed by atoms with Crippen molar-refractivity contribution in [2.75, 3.05) is 26.4 Å². The Balaban J connectivity index is 3.73. The number of rotatable bonds is 74. The van der Waals surface area contributed by atoms with E-state index >= 15 is 0 Å². The molecule has 0 saturated carbocycles. The number of phosphoric ester groups is 1. The van der Waals surface area contributed by atoms with Crippen molar-refractivity contribution in [1.29, 1.82) is 0 Å². The molecule has 2 unspecified atom stereocenters. The van der Waals surface area contributed by atoms with Crippen molar-refractivity contribution in [1.82, 2.24) is 0 Å². The summed E-state index contributed by atoms with van der Waals surface area (Å²) in [4.78, 5) is 35.4. The summed E-state index contributed by atoms with van der Waals surface area (Å²) in [6.07, 6.45) is 92.8. The van der Waals surface area contributed by atoms with Gasteiger partial charge >= 0.3 is 19.8 Å². The third-order valence-corrected chi connectivity index (χ3v) is 18.5. The summed E-state index contributed by atoms with van der Waals surface area (Å²) in [6.45, 7) is 3.81. The van der Waals surface area contributed by atoms with E-state index in [0.717, 1.165) is 38.5 Å². The molecule has 2 atom stereocenters. The van der Waals surface area contributed by atoms with Crippen molar-refractivity contribution in [3.63, 3.8) is 0 Å². The first-order valence-corrected chi connectivity index (χ1v) is 40.0. The summed E-state index contributed by atoms with van der Waals surface area (Å²) in [6, 6.07) is 0. The lowest BCUT2D eigenvalue weighted by Gasteiger charge is -2.19. The van der Waals surface area contributed by atoms with Gasteiger partial charge in [-0.15, -0.1) is 0 Å². The highest BCUT2D eigenvalue weighted by Crippen LogP contribution is 2.43. The fourth-order valence-corrected chi connectivity index (χ4v) is 12.6. The van der Waals surface area contributed by atoms with Gasteiger partial charge in [-0.05, 0) is 70.6 Å². The van der Waals surface area contributed by atoms with Crippen LogP contribution in [0.25, 0.3) is 0 Å². The number of ether oxygens (including phenoxy) is 2. The first-order chi connectivity index (χ1) is 42.8. The minimum atomic E-state index is -4.39. The first-order valence-electron chi connectivity index (χ1n) is 38.5. The summed E-state index contributed by atoms with van der Waals surface area (Å²) in [5, 5.41) is 0.